The average Bonchev–Trinajstić information content (AvgIpc) is 3.60. The van der Waals surface area contributed by atoms with Crippen LogP contribution in [0.2, 0.25) is 0 Å². The number of aryl methyl sites for hydroxylation is 2. The van der Waals surface area contributed by atoms with Crippen molar-refractivity contribution in [2.24, 2.45) is 0 Å². The zero-order valence-electron chi connectivity index (χ0n) is 31.5. The zero-order valence-corrected chi connectivity index (χ0v) is 31.5. The first kappa shape index (κ1) is 33.4. The second-order valence-corrected chi connectivity index (χ2v) is 14.7. The normalized spacial score (nSPS) is 11.4. The first-order chi connectivity index (χ1) is 27.6. The molecule has 0 N–H and O–H groups in total. The molecule has 0 aliphatic rings. The van der Waals surface area contributed by atoms with Gasteiger partial charge in [-0.3, -0.25) is 0 Å². The molecule has 0 aliphatic carbocycles. The summed E-state index contributed by atoms with van der Waals surface area (Å²) in [6.45, 7) is 4.43. The van der Waals surface area contributed by atoms with E-state index in [0.29, 0.717) is 0 Å². The fourth-order valence-corrected chi connectivity index (χ4v) is 8.52. The molecule has 0 bridgehead atoms. The third-order valence-corrected chi connectivity index (χ3v) is 11.2. The van der Waals surface area contributed by atoms with Crippen LogP contribution in [-0.2, 0) is 0 Å². The number of aromatic nitrogens is 1. The Morgan fingerprint density at radius 1 is 0.411 bits per heavy atom. The van der Waals surface area contributed by atoms with Gasteiger partial charge in [0.15, 0.2) is 0 Å². The molecular weight excluding hydrogens is 677 g/mol. The summed E-state index contributed by atoms with van der Waals surface area (Å²) >= 11 is 0. The van der Waals surface area contributed by atoms with Gasteiger partial charge >= 0.3 is 0 Å². The van der Waals surface area contributed by atoms with Gasteiger partial charge in [-0.05, 0) is 113 Å². The summed E-state index contributed by atoms with van der Waals surface area (Å²) in [6.07, 6.45) is 0. The van der Waals surface area contributed by atoms with Crippen LogP contribution in [0, 0.1) is 13.8 Å². The maximum atomic E-state index is 2.49. The molecule has 2 nitrogen and oxygen atoms in total. The Hall–Kier alpha value is -7.16. The van der Waals surface area contributed by atoms with Gasteiger partial charge in [-0.2, -0.15) is 0 Å². The van der Waals surface area contributed by atoms with E-state index in [1.165, 1.54) is 82.8 Å². The second-order valence-electron chi connectivity index (χ2n) is 14.7. The molecule has 0 unspecified atom stereocenters. The molecule has 1 aromatic heterocycles. The highest BCUT2D eigenvalue weighted by Gasteiger charge is 2.23. The van der Waals surface area contributed by atoms with Gasteiger partial charge in [-0.15, -0.1) is 0 Å². The first-order valence-corrected chi connectivity index (χ1v) is 19.4. The SMILES string of the molecule is Cc1ccc(-n2c3ccccc3c3c(N(c4ccc(-c5ccccc5)cc4)c4ccc(-c5ccccc5)cc4)cccc32)c(-c2c(C)ccc3ccccc23)c1. The molecule has 0 radical (unpaired) electrons. The minimum absolute atomic E-state index is 1.10. The van der Waals surface area contributed by atoms with Crippen LogP contribution >= 0.6 is 0 Å². The van der Waals surface area contributed by atoms with E-state index >= 15 is 0 Å². The molecule has 2 heteroatoms. The lowest BCUT2D eigenvalue weighted by Gasteiger charge is -2.27. The Bertz CT molecular complexity index is 2930. The Morgan fingerprint density at radius 2 is 0.964 bits per heavy atom. The molecule has 0 saturated heterocycles. The molecule has 0 aliphatic heterocycles. The molecule has 0 saturated carbocycles. The summed E-state index contributed by atoms with van der Waals surface area (Å²) in [4.78, 5) is 2.42. The Kier molecular flexibility index (Phi) is 8.30. The van der Waals surface area contributed by atoms with Crippen molar-refractivity contribution in [3.8, 4) is 39.1 Å². The van der Waals surface area contributed by atoms with Crippen molar-refractivity contribution in [3.05, 3.63) is 217 Å². The predicted octanol–water partition coefficient (Wildman–Crippen LogP) is 15.0. The van der Waals surface area contributed by atoms with Crippen molar-refractivity contribution in [2.75, 3.05) is 4.90 Å². The Balaban J connectivity index is 1.22. The van der Waals surface area contributed by atoms with Gasteiger partial charge in [0, 0.05) is 27.7 Å². The number of para-hydroxylation sites is 1. The maximum absolute atomic E-state index is 2.49. The van der Waals surface area contributed by atoms with Crippen molar-refractivity contribution in [2.45, 2.75) is 13.8 Å². The number of rotatable bonds is 7. The summed E-state index contributed by atoms with van der Waals surface area (Å²) in [6, 6.07) is 75.1. The summed E-state index contributed by atoms with van der Waals surface area (Å²) in [5.41, 5.74) is 16.7. The van der Waals surface area contributed by atoms with E-state index in [9.17, 15) is 0 Å². The van der Waals surface area contributed by atoms with Crippen molar-refractivity contribution >= 4 is 49.6 Å². The van der Waals surface area contributed by atoms with Gasteiger partial charge in [-0.1, -0.05) is 157 Å². The quantitative estimate of drug-likeness (QED) is 0.159. The highest BCUT2D eigenvalue weighted by Crippen LogP contribution is 2.46. The molecular formula is C54H40N2. The number of fused-ring (bicyclic) bond motifs is 4. The molecule has 0 amide bonds. The van der Waals surface area contributed by atoms with Crippen LogP contribution in [-0.4, -0.2) is 4.57 Å². The summed E-state index contributed by atoms with van der Waals surface area (Å²) in [7, 11) is 0. The second kappa shape index (κ2) is 13.9. The first-order valence-electron chi connectivity index (χ1n) is 19.4. The van der Waals surface area contributed by atoms with Crippen LogP contribution < -0.4 is 4.90 Å². The molecule has 0 spiro atoms. The van der Waals surface area contributed by atoms with E-state index in [1.807, 2.05) is 0 Å². The molecule has 0 atom stereocenters. The van der Waals surface area contributed by atoms with Crippen LogP contribution in [0.4, 0.5) is 17.1 Å². The summed E-state index contributed by atoms with van der Waals surface area (Å²) in [5.74, 6) is 0. The number of benzene rings is 9. The van der Waals surface area contributed by atoms with Gasteiger partial charge < -0.3 is 9.47 Å². The van der Waals surface area contributed by atoms with Crippen LogP contribution in [0.5, 0.6) is 0 Å². The molecule has 0 fully saturated rings. The topological polar surface area (TPSA) is 8.17 Å². The van der Waals surface area contributed by atoms with Crippen LogP contribution in [0.15, 0.2) is 206 Å². The number of anilines is 3. The third-order valence-electron chi connectivity index (χ3n) is 11.2. The molecule has 266 valence electrons. The van der Waals surface area contributed by atoms with Gasteiger partial charge in [0.25, 0.3) is 0 Å². The van der Waals surface area contributed by atoms with Gasteiger partial charge in [0.2, 0.25) is 0 Å². The smallest absolute Gasteiger partial charge is 0.0562 e. The standard InChI is InChI=1S/C54H40N2/c1-37-24-35-50(48(36-37)53-38(2)25-26-43-18-9-10-19-46(43)53)56-49-21-12-11-20-47(49)54-51(22-13-23-52(54)56)55(44-31-27-41(28-32-44)39-14-5-3-6-15-39)45-33-29-42(30-34-45)40-16-7-4-8-17-40/h3-36H,1-2H3. The predicted molar refractivity (Wildman–Crippen MR) is 239 cm³/mol. The zero-order chi connectivity index (χ0) is 37.6. The average molecular weight is 717 g/mol. The Labute approximate surface area is 328 Å². The van der Waals surface area contributed by atoms with E-state index in [1.54, 1.807) is 0 Å². The number of nitrogens with zero attached hydrogens (tertiary/aromatic N) is 2. The highest BCUT2D eigenvalue weighted by atomic mass is 15.1. The molecule has 56 heavy (non-hydrogen) atoms. The van der Waals surface area contributed by atoms with Crippen molar-refractivity contribution in [1.82, 2.24) is 4.57 Å². The van der Waals surface area contributed by atoms with Crippen molar-refractivity contribution < 1.29 is 0 Å². The van der Waals surface area contributed by atoms with Crippen LogP contribution in [0.1, 0.15) is 11.1 Å². The monoisotopic (exact) mass is 716 g/mol. The lowest BCUT2D eigenvalue weighted by molar-refractivity contribution is 1.17. The van der Waals surface area contributed by atoms with E-state index in [0.717, 1.165) is 17.1 Å². The van der Waals surface area contributed by atoms with Crippen LogP contribution in [0.25, 0.3) is 71.6 Å². The van der Waals surface area contributed by atoms with Crippen molar-refractivity contribution in [1.29, 1.82) is 0 Å². The van der Waals surface area contributed by atoms with E-state index in [4.69, 9.17) is 0 Å². The Morgan fingerprint density at radius 3 is 1.62 bits per heavy atom. The fraction of sp³-hybridized carbons (Fsp3) is 0.0370. The van der Waals surface area contributed by atoms with E-state index in [-0.39, 0.29) is 0 Å². The largest absolute Gasteiger partial charge is 0.310 e. The van der Waals surface area contributed by atoms with Crippen LogP contribution in [0.3, 0.4) is 0 Å². The third kappa shape index (κ3) is 5.75. The maximum Gasteiger partial charge on any atom is 0.0562 e. The van der Waals surface area contributed by atoms with Crippen molar-refractivity contribution in [3.63, 3.8) is 0 Å². The van der Waals surface area contributed by atoms with Gasteiger partial charge in [0.05, 0.1) is 22.4 Å². The molecule has 10 rings (SSSR count). The molecule has 1 heterocycles. The minimum atomic E-state index is 1.10. The van der Waals surface area contributed by atoms with Gasteiger partial charge in [-0.25, -0.2) is 0 Å². The number of hydrogen-bond acceptors (Lipinski definition) is 1. The lowest BCUT2D eigenvalue weighted by atomic mass is 9.92. The summed E-state index contributed by atoms with van der Waals surface area (Å²) in [5, 5.41) is 4.94. The lowest BCUT2D eigenvalue weighted by Crippen LogP contribution is -2.10. The number of hydrogen-bond donors (Lipinski definition) is 0. The summed E-state index contributed by atoms with van der Waals surface area (Å²) < 4.78 is 2.49. The fourth-order valence-electron chi connectivity index (χ4n) is 8.52. The minimum Gasteiger partial charge on any atom is -0.310 e. The molecule has 10 aromatic rings. The van der Waals surface area contributed by atoms with Gasteiger partial charge in [0.1, 0.15) is 0 Å². The molecule has 9 aromatic carbocycles. The highest BCUT2D eigenvalue weighted by molar-refractivity contribution is 6.17. The van der Waals surface area contributed by atoms with E-state index in [2.05, 4.69) is 230 Å². The van der Waals surface area contributed by atoms with E-state index < -0.39 is 0 Å².